The topological polar surface area (TPSA) is 125 Å². The Hall–Kier alpha value is -3.18. The third kappa shape index (κ3) is 5.09. The summed E-state index contributed by atoms with van der Waals surface area (Å²) in [4.78, 5) is 21.2. The predicted octanol–water partition coefficient (Wildman–Crippen LogP) is 2.12. The lowest BCUT2D eigenvalue weighted by Crippen LogP contribution is -2.42. The molecule has 0 radical (unpaired) electrons. The van der Waals surface area contributed by atoms with Gasteiger partial charge < -0.3 is 20.8 Å². The maximum Gasteiger partial charge on any atom is 0.255 e. The van der Waals surface area contributed by atoms with E-state index in [2.05, 4.69) is 25.7 Å². The van der Waals surface area contributed by atoms with E-state index in [-0.39, 0.29) is 18.2 Å². The SMILES string of the molecule is CC(C)(O)C(F)CNC(=O)c1cnc(-n2ncc3cc(F)cnc32)cc1NC1CCC(O)C1. The van der Waals surface area contributed by atoms with Gasteiger partial charge in [-0.1, -0.05) is 0 Å². The van der Waals surface area contributed by atoms with Gasteiger partial charge in [-0.3, -0.25) is 4.79 Å². The molecular weight excluding hydrogens is 434 g/mol. The van der Waals surface area contributed by atoms with Crippen LogP contribution in [0.5, 0.6) is 0 Å². The molecule has 3 heterocycles. The van der Waals surface area contributed by atoms with Crippen molar-refractivity contribution in [3.05, 3.63) is 42.1 Å². The first-order valence-electron chi connectivity index (χ1n) is 10.7. The molecule has 0 saturated heterocycles. The molecular formula is C22H26F2N6O3. The number of carbonyl (C=O) groups is 1. The molecule has 3 atom stereocenters. The second-order valence-electron chi connectivity index (χ2n) is 8.85. The summed E-state index contributed by atoms with van der Waals surface area (Å²) < 4.78 is 29.0. The first kappa shape index (κ1) is 23.0. The van der Waals surface area contributed by atoms with Crippen LogP contribution in [0.15, 0.2) is 30.7 Å². The Morgan fingerprint density at radius 2 is 2.06 bits per heavy atom. The molecule has 1 saturated carbocycles. The van der Waals surface area contributed by atoms with Gasteiger partial charge in [0.2, 0.25) is 0 Å². The van der Waals surface area contributed by atoms with E-state index in [0.29, 0.717) is 35.4 Å². The Labute approximate surface area is 188 Å². The monoisotopic (exact) mass is 460 g/mol. The van der Waals surface area contributed by atoms with E-state index in [9.17, 15) is 23.8 Å². The number of nitrogens with one attached hydrogen (secondary N) is 2. The van der Waals surface area contributed by atoms with Crippen molar-refractivity contribution in [3.8, 4) is 5.82 Å². The number of hydrogen-bond acceptors (Lipinski definition) is 7. The maximum atomic E-state index is 14.1. The minimum Gasteiger partial charge on any atom is -0.393 e. The van der Waals surface area contributed by atoms with Gasteiger partial charge in [0.05, 0.1) is 41.9 Å². The standard InChI is InChI=1S/C22H26F2N6O3/c1-22(2,33)18(24)11-27-21(32)16-10-25-19(7-17(16)29-14-3-4-15(31)6-14)30-20-12(8-28-30)5-13(23)9-26-20/h5,7-10,14-15,18,31,33H,3-4,6,11H2,1-2H3,(H,25,29)(H,27,32). The second-order valence-corrected chi connectivity index (χ2v) is 8.85. The number of nitrogens with zero attached hydrogens (tertiary/aromatic N) is 4. The van der Waals surface area contributed by atoms with Crippen molar-refractivity contribution in [2.45, 2.75) is 57.0 Å². The summed E-state index contributed by atoms with van der Waals surface area (Å²) in [6, 6.07) is 2.86. The zero-order valence-electron chi connectivity index (χ0n) is 18.3. The lowest BCUT2D eigenvalue weighted by Gasteiger charge is -2.23. The number of halogens is 2. The molecule has 0 aromatic carbocycles. The molecule has 11 heteroatoms. The van der Waals surface area contributed by atoms with Crippen LogP contribution < -0.4 is 10.6 Å². The largest absolute Gasteiger partial charge is 0.393 e. The highest BCUT2D eigenvalue weighted by atomic mass is 19.1. The van der Waals surface area contributed by atoms with E-state index in [1.54, 1.807) is 6.07 Å². The van der Waals surface area contributed by atoms with Gasteiger partial charge in [-0.25, -0.2) is 18.7 Å². The predicted molar refractivity (Wildman–Crippen MR) is 117 cm³/mol. The van der Waals surface area contributed by atoms with Crippen LogP contribution >= 0.6 is 0 Å². The number of aliphatic hydroxyl groups excluding tert-OH is 1. The number of alkyl halides is 1. The number of aliphatic hydroxyl groups is 2. The number of hydrogen-bond donors (Lipinski definition) is 4. The maximum absolute atomic E-state index is 14.1. The first-order valence-corrected chi connectivity index (χ1v) is 10.7. The highest BCUT2D eigenvalue weighted by Gasteiger charge is 2.28. The molecule has 0 spiro atoms. The Morgan fingerprint density at radius 1 is 1.27 bits per heavy atom. The van der Waals surface area contributed by atoms with Gasteiger partial charge in [-0.15, -0.1) is 0 Å². The molecule has 33 heavy (non-hydrogen) atoms. The Kier molecular flexibility index (Phi) is 6.26. The Balaban J connectivity index is 1.65. The molecule has 0 aliphatic heterocycles. The molecule has 9 nitrogen and oxygen atoms in total. The van der Waals surface area contributed by atoms with E-state index in [1.807, 2.05) is 0 Å². The minimum absolute atomic E-state index is 0.0614. The molecule has 176 valence electrons. The summed E-state index contributed by atoms with van der Waals surface area (Å²) >= 11 is 0. The van der Waals surface area contributed by atoms with Crippen LogP contribution in [-0.4, -0.2) is 66.3 Å². The third-order valence-corrected chi connectivity index (χ3v) is 5.70. The average molecular weight is 460 g/mol. The van der Waals surface area contributed by atoms with Crippen molar-refractivity contribution in [3.63, 3.8) is 0 Å². The number of pyridine rings is 2. The van der Waals surface area contributed by atoms with E-state index >= 15 is 0 Å². The van der Waals surface area contributed by atoms with E-state index in [0.717, 1.165) is 12.6 Å². The molecule has 1 amide bonds. The van der Waals surface area contributed by atoms with Crippen molar-refractivity contribution in [1.29, 1.82) is 0 Å². The van der Waals surface area contributed by atoms with Gasteiger partial charge in [0.25, 0.3) is 5.91 Å². The van der Waals surface area contributed by atoms with Gasteiger partial charge in [-0.2, -0.15) is 9.78 Å². The Morgan fingerprint density at radius 3 is 2.76 bits per heavy atom. The summed E-state index contributed by atoms with van der Waals surface area (Å²) in [6.07, 6.45) is 3.69. The van der Waals surface area contributed by atoms with Gasteiger partial charge in [-0.05, 0) is 39.2 Å². The fourth-order valence-corrected chi connectivity index (χ4v) is 3.76. The van der Waals surface area contributed by atoms with Gasteiger partial charge >= 0.3 is 0 Å². The van der Waals surface area contributed by atoms with Crippen LogP contribution in [0.1, 0.15) is 43.5 Å². The summed E-state index contributed by atoms with van der Waals surface area (Å²) in [5.74, 6) is -0.699. The molecule has 0 bridgehead atoms. The summed E-state index contributed by atoms with van der Waals surface area (Å²) in [5, 5.41) is 30.1. The Bertz CT molecular complexity index is 1160. The van der Waals surface area contributed by atoms with Crippen molar-refractivity contribution in [2.24, 2.45) is 0 Å². The fourth-order valence-electron chi connectivity index (χ4n) is 3.76. The number of carbonyl (C=O) groups excluding carboxylic acids is 1. The highest BCUT2D eigenvalue weighted by Crippen LogP contribution is 2.27. The molecule has 4 rings (SSSR count). The first-order chi connectivity index (χ1) is 15.6. The van der Waals surface area contributed by atoms with Crippen LogP contribution in [0.25, 0.3) is 16.9 Å². The fraction of sp³-hybridized carbons (Fsp3) is 0.455. The number of fused-ring (bicyclic) bond motifs is 1. The summed E-state index contributed by atoms with van der Waals surface area (Å²) in [5.41, 5.74) is -0.585. The minimum atomic E-state index is -1.66. The van der Waals surface area contributed by atoms with E-state index in [1.165, 1.54) is 37.0 Å². The molecule has 1 aliphatic rings. The molecule has 1 aliphatic carbocycles. The van der Waals surface area contributed by atoms with Crippen molar-refractivity contribution in [1.82, 2.24) is 25.1 Å². The summed E-state index contributed by atoms with van der Waals surface area (Å²) in [7, 11) is 0. The number of anilines is 1. The zero-order valence-corrected chi connectivity index (χ0v) is 18.3. The highest BCUT2D eigenvalue weighted by molar-refractivity contribution is 5.99. The second kappa shape index (κ2) is 8.99. The van der Waals surface area contributed by atoms with Crippen LogP contribution in [0.3, 0.4) is 0 Å². The average Bonchev–Trinajstić information content (AvgIpc) is 3.36. The van der Waals surface area contributed by atoms with Crippen LogP contribution in [0.2, 0.25) is 0 Å². The number of amides is 1. The zero-order chi connectivity index (χ0) is 23.8. The molecule has 3 aromatic rings. The van der Waals surface area contributed by atoms with Gasteiger partial charge in [0, 0.05) is 23.7 Å². The van der Waals surface area contributed by atoms with Crippen molar-refractivity contribution >= 4 is 22.6 Å². The lowest BCUT2D eigenvalue weighted by atomic mass is 10.0. The smallest absolute Gasteiger partial charge is 0.255 e. The van der Waals surface area contributed by atoms with Gasteiger partial charge in [0.1, 0.15) is 12.0 Å². The van der Waals surface area contributed by atoms with E-state index in [4.69, 9.17) is 0 Å². The normalized spacial score (nSPS) is 19.6. The van der Waals surface area contributed by atoms with Crippen molar-refractivity contribution < 1.29 is 23.8 Å². The molecule has 3 unspecified atom stereocenters. The van der Waals surface area contributed by atoms with Gasteiger partial charge in [0.15, 0.2) is 11.5 Å². The van der Waals surface area contributed by atoms with Crippen LogP contribution in [-0.2, 0) is 0 Å². The number of rotatable bonds is 7. The lowest BCUT2D eigenvalue weighted by molar-refractivity contribution is -0.00177. The summed E-state index contributed by atoms with van der Waals surface area (Å²) in [6.45, 7) is 2.28. The molecule has 4 N–H and O–H groups in total. The van der Waals surface area contributed by atoms with Crippen LogP contribution in [0.4, 0.5) is 14.5 Å². The van der Waals surface area contributed by atoms with E-state index < -0.39 is 29.6 Å². The molecule has 1 fully saturated rings. The van der Waals surface area contributed by atoms with Crippen molar-refractivity contribution in [2.75, 3.05) is 11.9 Å². The third-order valence-electron chi connectivity index (χ3n) is 5.70. The van der Waals surface area contributed by atoms with Crippen LogP contribution in [0, 0.1) is 5.82 Å². The molecule has 3 aromatic heterocycles. The number of aromatic nitrogens is 4. The quantitative estimate of drug-likeness (QED) is 0.426.